The minimum atomic E-state index is 0.637. The predicted molar refractivity (Wildman–Crippen MR) is 58.8 cm³/mol. The van der Waals surface area contributed by atoms with Crippen LogP contribution in [0.25, 0.3) is 0 Å². The molecule has 0 saturated heterocycles. The Morgan fingerprint density at radius 2 is 2.23 bits per heavy atom. The van der Waals surface area contributed by atoms with Crippen molar-refractivity contribution in [3.05, 3.63) is 12.2 Å². The second-order valence-corrected chi connectivity index (χ2v) is 4.31. The van der Waals surface area contributed by atoms with E-state index in [1.807, 2.05) is 0 Å². The van der Waals surface area contributed by atoms with Gasteiger partial charge in [-0.15, -0.1) is 0 Å². The van der Waals surface area contributed by atoms with E-state index in [0.29, 0.717) is 12.1 Å². The van der Waals surface area contributed by atoms with Crippen LogP contribution in [0.1, 0.15) is 46.5 Å². The van der Waals surface area contributed by atoms with E-state index in [1.165, 1.54) is 25.7 Å². The number of nitrogens with one attached hydrogen (secondary N) is 1. The molecule has 76 valence electrons. The Hall–Kier alpha value is -0.300. The smallest absolute Gasteiger partial charge is 0.0252 e. The van der Waals surface area contributed by atoms with Crippen LogP contribution in [0.15, 0.2) is 12.2 Å². The summed E-state index contributed by atoms with van der Waals surface area (Å²) in [5, 5.41) is 3.68. The fraction of sp³-hybridized carbons (Fsp3) is 0.833. The predicted octanol–water partition coefficient (Wildman–Crippen LogP) is 3.12. The molecule has 1 nitrogen and oxygen atoms in total. The first-order chi connectivity index (χ1) is 6.24. The van der Waals surface area contributed by atoms with E-state index >= 15 is 0 Å². The molecule has 0 amide bonds. The molecule has 3 unspecified atom stereocenters. The largest absolute Gasteiger partial charge is 0.308 e. The molecule has 1 aliphatic carbocycles. The van der Waals surface area contributed by atoms with Gasteiger partial charge in [0.25, 0.3) is 0 Å². The molecule has 0 saturated carbocycles. The highest BCUT2D eigenvalue weighted by molar-refractivity contribution is 4.98. The van der Waals surface area contributed by atoms with Crippen LogP contribution in [0.2, 0.25) is 0 Å². The summed E-state index contributed by atoms with van der Waals surface area (Å²) >= 11 is 0. The summed E-state index contributed by atoms with van der Waals surface area (Å²) < 4.78 is 0. The molecule has 0 aliphatic heterocycles. The lowest BCUT2D eigenvalue weighted by molar-refractivity contribution is 0.356. The average molecular weight is 181 g/mol. The molecule has 0 aromatic rings. The molecule has 0 heterocycles. The molecule has 13 heavy (non-hydrogen) atoms. The van der Waals surface area contributed by atoms with Gasteiger partial charge in [0.15, 0.2) is 0 Å². The Bertz CT molecular complexity index is 163. The Labute approximate surface area is 82.6 Å². The van der Waals surface area contributed by atoms with E-state index in [1.54, 1.807) is 0 Å². The van der Waals surface area contributed by atoms with E-state index in [2.05, 4.69) is 38.2 Å². The number of hydrogen-bond acceptors (Lipinski definition) is 1. The van der Waals surface area contributed by atoms with Gasteiger partial charge < -0.3 is 5.32 Å². The SMILES string of the molecule is CCC(C)C(C)NC1C=CCCC1. The van der Waals surface area contributed by atoms with Crippen molar-refractivity contribution in [2.45, 2.75) is 58.5 Å². The van der Waals surface area contributed by atoms with E-state index in [0.717, 1.165) is 5.92 Å². The minimum Gasteiger partial charge on any atom is -0.308 e. The van der Waals surface area contributed by atoms with Gasteiger partial charge in [-0.25, -0.2) is 0 Å². The normalized spacial score (nSPS) is 27.2. The van der Waals surface area contributed by atoms with Crippen LogP contribution in [0.3, 0.4) is 0 Å². The number of allylic oxidation sites excluding steroid dienone is 1. The Morgan fingerprint density at radius 3 is 2.77 bits per heavy atom. The molecular formula is C12H23N. The molecule has 1 rings (SSSR count). The molecule has 0 spiro atoms. The van der Waals surface area contributed by atoms with Crippen LogP contribution in [-0.4, -0.2) is 12.1 Å². The number of hydrogen-bond donors (Lipinski definition) is 1. The molecule has 1 heteroatoms. The standard InChI is InChI=1S/C12H23N/c1-4-10(2)11(3)13-12-8-6-5-7-9-12/h6,8,10-13H,4-5,7,9H2,1-3H3. The van der Waals surface area contributed by atoms with Crippen LogP contribution in [0.5, 0.6) is 0 Å². The highest BCUT2D eigenvalue weighted by Gasteiger charge is 2.14. The summed E-state index contributed by atoms with van der Waals surface area (Å²) in [5.74, 6) is 0.787. The van der Waals surface area contributed by atoms with E-state index < -0.39 is 0 Å². The van der Waals surface area contributed by atoms with Gasteiger partial charge in [0.1, 0.15) is 0 Å². The molecule has 0 bridgehead atoms. The van der Waals surface area contributed by atoms with Crippen LogP contribution >= 0.6 is 0 Å². The second-order valence-electron chi connectivity index (χ2n) is 4.31. The van der Waals surface area contributed by atoms with Gasteiger partial charge >= 0.3 is 0 Å². The quantitative estimate of drug-likeness (QED) is 0.657. The van der Waals surface area contributed by atoms with Gasteiger partial charge in [0.05, 0.1) is 0 Å². The van der Waals surface area contributed by atoms with E-state index in [9.17, 15) is 0 Å². The molecular weight excluding hydrogens is 158 g/mol. The van der Waals surface area contributed by atoms with Crippen molar-refractivity contribution in [3.8, 4) is 0 Å². The van der Waals surface area contributed by atoms with Gasteiger partial charge in [-0.1, -0.05) is 32.4 Å². The zero-order chi connectivity index (χ0) is 9.68. The van der Waals surface area contributed by atoms with Gasteiger partial charge in [-0.2, -0.15) is 0 Å². The molecule has 3 atom stereocenters. The summed E-state index contributed by atoms with van der Waals surface area (Å²) in [5.41, 5.74) is 0. The first-order valence-corrected chi connectivity index (χ1v) is 5.66. The van der Waals surface area contributed by atoms with Crippen LogP contribution in [-0.2, 0) is 0 Å². The molecule has 1 aliphatic rings. The Kier molecular flexibility index (Phi) is 4.51. The lowest BCUT2D eigenvalue weighted by atomic mass is 9.97. The van der Waals surface area contributed by atoms with Crippen molar-refractivity contribution in [3.63, 3.8) is 0 Å². The lowest BCUT2D eigenvalue weighted by Gasteiger charge is -2.26. The molecule has 0 aromatic heterocycles. The average Bonchev–Trinajstić information content (AvgIpc) is 2.18. The highest BCUT2D eigenvalue weighted by Crippen LogP contribution is 2.13. The maximum Gasteiger partial charge on any atom is 0.0252 e. The third-order valence-corrected chi connectivity index (χ3v) is 3.23. The summed E-state index contributed by atoms with van der Waals surface area (Å²) in [4.78, 5) is 0. The monoisotopic (exact) mass is 181 g/mol. The third kappa shape index (κ3) is 3.51. The van der Waals surface area contributed by atoms with Crippen LogP contribution in [0, 0.1) is 5.92 Å². The maximum absolute atomic E-state index is 3.68. The first kappa shape index (κ1) is 10.8. The lowest BCUT2D eigenvalue weighted by Crippen LogP contribution is -2.39. The van der Waals surface area contributed by atoms with Crippen molar-refractivity contribution in [2.24, 2.45) is 5.92 Å². The van der Waals surface area contributed by atoms with Gasteiger partial charge in [0, 0.05) is 12.1 Å². The summed E-state index contributed by atoms with van der Waals surface area (Å²) in [7, 11) is 0. The zero-order valence-electron chi connectivity index (χ0n) is 9.22. The fourth-order valence-corrected chi connectivity index (χ4v) is 1.81. The second kappa shape index (κ2) is 5.43. The maximum atomic E-state index is 3.68. The van der Waals surface area contributed by atoms with Crippen molar-refractivity contribution >= 4 is 0 Å². The first-order valence-electron chi connectivity index (χ1n) is 5.66. The summed E-state index contributed by atoms with van der Waals surface area (Å²) in [6, 6.07) is 1.29. The van der Waals surface area contributed by atoms with Crippen molar-refractivity contribution in [2.75, 3.05) is 0 Å². The van der Waals surface area contributed by atoms with E-state index in [-0.39, 0.29) is 0 Å². The summed E-state index contributed by atoms with van der Waals surface area (Å²) in [6.45, 7) is 6.89. The molecule has 0 radical (unpaired) electrons. The Morgan fingerprint density at radius 1 is 1.46 bits per heavy atom. The minimum absolute atomic E-state index is 0.637. The summed E-state index contributed by atoms with van der Waals surface area (Å²) in [6.07, 6.45) is 9.85. The molecule has 0 fully saturated rings. The van der Waals surface area contributed by atoms with Crippen LogP contribution < -0.4 is 5.32 Å². The van der Waals surface area contributed by atoms with E-state index in [4.69, 9.17) is 0 Å². The van der Waals surface area contributed by atoms with Crippen LogP contribution in [0.4, 0.5) is 0 Å². The molecule has 1 N–H and O–H groups in total. The number of rotatable bonds is 4. The zero-order valence-corrected chi connectivity index (χ0v) is 9.22. The van der Waals surface area contributed by atoms with Crippen molar-refractivity contribution < 1.29 is 0 Å². The topological polar surface area (TPSA) is 12.0 Å². The van der Waals surface area contributed by atoms with Crippen molar-refractivity contribution in [1.29, 1.82) is 0 Å². The Balaban J connectivity index is 2.30. The van der Waals surface area contributed by atoms with Gasteiger partial charge in [-0.3, -0.25) is 0 Å². The van der Waals surface area contributed by atoms with Gasteiger partial charge in [-0.05, 0) is 32.1 Å². The highest BCUT2D eigenvalue weighted by atomic mass is 14.9. The molecule has 0 aromatic carbocycles. The van der Waals surface area contributed by atoms with Crippen molar-refractivity contribution in [1.82, 2.24) is 5.32 Å². The third-order valence-electron chi connectivity index (χ3n) is 3.23. The van der Waals surface area contributed by atoms with Gasteiger partial charge in [0.2, 0.25) is 0 Å². The fourth-order valence-electron chi connectivity index (χ4n) is 1.81.